The lowest BCUT2D eigenvalue weighted by Gasteiger charge is -2.21. The number of anilines is 1. The number of hydrogen-bond donors (Lipinski definition) is 1. The van der Waals surface area contributed by atoms with E-state index in [1.165, 1.54) is 36.9 Å². The van der Waals surface area contributed by atoms with E-state index in [-0.39, 0.29) is 0 Å². The molecule has 0 aromatic carbocycles. The highest BCUT2D eigenvalue weighted by Crippen LogP contribution is 2.39. The summed E-state index contributed by atoms with van der Waals surface area (Å²) in [5.41, 5.74) is 2.40. The molecule has 0 bridgehead atoms. The van der Waals surface area contributed by atoms with Gasteiger partial charge in [-0.3, -0.25) is 0 Å². The zero-order valence-electron chi connectivity index (χ0n) is 13.3. The SMILES string of the molecule is CCCNc1nc(C2CCC(CC)C2)nc2c1COCC2. The first kappa shape index (κ1) is 14.8. The number of nitrogens with one attached hydrogen (secondary N) is 1. The van der Waals surface area contributed by atoms with Crippen molar-refractivity contribution < 1.29 is 4.74 Å². The van der Waals surface area contributed by atoms with Crippen molar-refractivity contribution in [3.05, 3.63) is 17.1 Å². The van der Waals surface area contributed by atoms with E-state index in [4.69, 9.17) is 14.7 Å². The summed E-state index contributed by atoms with van der Waals surface area (Å²) in [5.74, 6) is 3.52. The third kappa shape index (κ3) is 3.20. The minimum atomic E-state index is 0.560. The van der Waals surface area contributed by atoms with Gasteiger partial charge in [-0.15, -0.1) is 0 Å². The zero-order chi connectivity index (χ0) is 14.7. The number of ether oxygens (including phenoxy) is 1. The molecule has 2 unspecified atom stereocenters. The number of hydrogen-bond acceptors (Lipinski definition) is 4. The fraction of sp³-hybridized carbons (Fsp3) is 0.765. The highest BCUT2D eigenvalue weighted by Gasteiger charge is 2.28. The van der Waals surface area contributed by atoms with Crippen molar-refractivity contribution in [2.75, 3.05) is 18.5 Å². The van der Waals surface area contributed by atoms with Crippen molar-refractivity contribution in [1.82, 2.24) is 9.97 Å². The molecule has 0 radical (unpaired) electrons. The summed E-state index contributed by atoms with van der Waals surface area (Å²) < 4.78 is 5.60. The molecule has 0 amide bonds. The lowest BCUT2D eigenvalue weighted by Crippen LogP contribution is -2.19. The van der Waals surface area contributed by atoms with Gasteiger partial charge in [0.05, 0.1) is 18.9 Å². The minimum absolute atomic E-state index is 0.560. The molecule has 1 aliphatic heterocycles. The number of rotatable bonds is 5. The van der Waals surface area contributed by atoms with E-state index in [9.17, 15) is 0 Å². The van der Waals surface area contributed by atoms with Gasteiger partial charge in [0, 0.05) is 24.4 Å². The van der Waals surface area contributed by atoms with E-state index in [1.54, 1.807) is 0 Å². The highest BCUT2D eigenvalue weighted by molar-refractivity contribution is 5.47. The largest absolute Gasteiger partial charge is 0.376 e. The van der Waals surface area contributed by atoms with Crippen LogP contribution in [0.5, 0.6) is 0 Å². The Morgan fingerprint density at radius 3 is 2.90 bits per heavy atom. The molecule has 0 spiro atoms. The van der Waals surface area contributed by atoms with E-state index in [2.05, 4.69) is 19.2 Å². The van der Waals surface area contributed by atoms with Crippen LogP contribution in [0.4, 0.5) is 5.82 Å². The quantitative estimate of drug-likeness (QED) is 0.898. The Morgan fingerprint density at radius 1 is 1.24 bits per heavy atom. The van der Waals surface area contributed by atoms with Crippen LogP contribution in [-0.4, -0.2) is 23.1 Å². The van der Waals surface area contributed by atoms with Crippen molar-refractivity contribution in [2.24, 2.45) is 5.92 Å². The predicted octanol–water partition coefficient (Wildman–Crippen LogP) is 3.66. The van der Waals surface area contributed by atoms with E-state index < -0.39 is 0 Å². The summed E-state index contributed by atoms with van der Waals surface area (Å²) in [6.45, 7) is 6.89. The molecule has 1 aromatic heterocycles. The first-order valence-corrected chi connectivity index (χ1v) is 8.53. The minimum Gasteiger partial charge on any atom is -0.376 e. The Labute approximate surface area is 127 Å². The van der Waals surface area contributed by atoms with E-state index in [0.717, 1.165) is 43.6 Å². The van der Waals surface area contributed by atoms with Crippen LogP contribution in [-0.2, 0) is 17.8 Å². The molecule has 2 aliphatic rings. The molecular formula is C17H27N3O. The maximum Gasteiger partial charge on any atom is 0.135 e. The van der Waals surface area contributed by atoms with Crippen LogP contribution in [0.1, 0.15) is 69.0 Å². The standard InChI is InChI=1S/C17H27N3O/c1-3-8-18-17-14-11-21-9-7-15(14)19-16(20-17)13-6-5-12(4-2)10-13/h12-13H,3-11H2,1-2H3,(H,18,19,20). The summed E-state index contributed by atoms with van der Waals surface area (Å²) in [5, 5.41) is 3.48. The Bertz CT molecular complexity index is 489. The van der Waals surface area contributed by atoms with Crippen molar-refractivity contribution in [3.8, 4) is 0 Å². The lowest BCUT2D eigenvalue weighted by atomic mass is 10.0. The second-order valence-electron chi connectivity index (χ2n) is 6.37. The van der Waals surface area contributed by atoms with Gasteiger partial charge in [-0.05, 0) is 31.6 Å². The molecule has 3 rings (SSSR count). The van der Waals surface area contributed by atoms with Crippen molar-refractivity contribution in [1.29, 1.82) is 0 Å². The molecule has 0 saturated heterocycles. The number of fused-ring (bicyclic) bond motifs is 1. The smallest absolute Gasteiger partial charge is 0.135 e. The average Bonchev–Trinajstić information content (AvgIpc) is 3.01. The summed E-state index contributed by atoms with van der Waals surface area (Å²) in [6.07, 6.45) is 7.17. The van der Waals surface area contributed by atoms with Gasteiger partial charge in [0.1, 0.15) is 11.6 Å². The van der Waals surface area contributed by atoms with Crippen LogP contribution >= 0.6 is 0 Å². The second kappa shape index (κ2) is 6.73. The van der Waals surface area contributed by atoms with Crippen LogP contribution in [0.3, 0.4) is 0 Å². The Kier molecular flexibility index (Phi) is 4.73. The molecule has 1 fully saturated rings. The Balaban J connectivity index is 1.87. The lowest BCUT2D eigenvalue weighted by molar-refractivity contribution is 0.109. The van der Waals surface area contributed by atoms with Crippen LogP contribution in [0.2, 0.25) is 0 Å². The predicted molar refractivity (Wildman–Crippen MR) is 84.5 cm³/mol. The molecule has 2 atom stereocenters. The van der Waals surface area contributed by atoms with Gasteiger partial charge in [0.25, 0.3) is 0 Å². The van der Waals surface area contributed by atoms with Crippen molar-refractivity contribution in [2.45, 2.75) is 64.9 Å². The average molecular weight is 289 g/mol. The van der Waals surface area contributed by atoms with Crippen molar-refractivity contribution >= 4 is 5.82 Å². The van der Waals surface area contributed by atoms with Crippen LogP contribution in [0, 0.1) is 5.92 Å². The summed E-state index contributed by atoms with van der Waals surface area (Å²) in [6, 6.07) is 0. The normalized spacial score (nSPS) is 24.9. The third-order valence-electron chi connectivity index (χ3n) is 4.87. The van der Waals surface area contributed by atoms with Gasteiger partial charge in [-0.25, -0.2) is 9.97 Å². The topological polar surface area (TPSA) is 47.0 Å². The summed E-state index contributed by atoms with van der Waals surface area (Å²) >= 11 is 0. The zero-order valence-corrected chi connectivity index (χ0v) is 13.3. The molecule has 4 heteroatoms. The molecule has 1 aliphatic carbocycles. The number of aromatic nitrogens is 2. The first-order valence-electron chi connectivity index (χ1n) is 8.53. The Morgan fingerprint density at radius 2 is 2.14 bits per heavy atom. The molecular weight excluding hydrogens is 262 g/mol. The van der Waals surface area contributed by atoms with Crippen LogP contribution in [0.15, 0.2) is 0 Å². The van der Waals surface area contributed by atoms with Crippen LogP contribution in [0.25, 0.3) is 0 Å². The molecule has 2 heterocycles. The van der Waals surface area contributed by atoms with Crippen molar-refractivity contribution in [3.63, 3.8) is 0 Å². The fourth-order valence-corrected chi connectivity index (χ4v) is 3.50. The van der Waals surface area contributed by atoms with Gasteiger partial charge in [0.2, 0.25) is 0 Å². The maximum atomic E-state index is 5.60. The van der Waals surface area contributed by atoms with Gasteiger partial charge in [-0.2, -0.15) is 0 Å². The maximum absolute atomic E-state index is 5.60. The summed E-state index contributed by atoms with van der Waals surface area (Å²) in [4.78, 5) is 9.77. The molecule has 1 N–H and O–H groups in total. The van der Waals surface area contributed by atoms with E-state index >= 15 is 0 Å². The third-order valence-corrected chi connectivity index (χ3v) is 4.87. The first-order chi connectivity index (χ1) is 10.3. The Hall–Kier alpha value is -1.16. The van der Waals surface area contributed by atoms with Gasteiger partial charge in [-0.1, -0.05) is 20.3 Å². The monoisotopic (exact) mass is 289 g/mol. The molecule has 116 valence electrons. The van der Waals surface area contributed by atoms with Gasteiger partial charge < -0.3 is 10.1 Å². The molecule has 21 heavy (non-hydrogen) atoms. The number of nitrogens with zero attached hydrogens (tertiary/aromatic N) is 2. The highest BCUT2D eigenvalue weighted by atomic mass is 16.5. The van der Waals surface area contributed by atoms with E-state index in [0.29, 0.717) is 12.5 Å². The van der Waals surface area contributed by atoms with Crippen LogP contribution < -0.4 is 5.32 Å². The molecule has 1 aromatic rings. The molecule has 1 saturated carbocycles. The van der Waals surface area contributed by atoms with Gasteiger partial charge in [0.15, 0.2) is 0 Å². The molecule has 4 nitrogen and oxygen atoms in total. The second-order valence-corrected chi connectivity index (χ2v) is 6.37. The fourth-order valence-electron chi connectivity index (χ4n) is 3.50. The van der Waals surface area contributed by atoms with E-state index in [1.807, 2.05) is 0 Å². The summed E-state index contributed by atoms with van der Waals surface area (Å²) in [7, 11) is 0. The van der Waals surface area contributed by atoms with Gasteiger partial charge >= 0.3 is 0 Å².